The Hall–Kier alpha value is -2.26. The molecule has 0 saturated carbocycles. The second kappa shape index (κ2) is 4.78. The van der Waals surface area contributed by atoms with Gasteiger partial charge in [-0.2, -0.15) is 0 Å². The van der Waals surface area contributed by atoms with E-state index in [0.717, 1.165) is 27.7 Å². The minimum Gasteiger partial charge on any atom is -0.320 e. The number of aromatic nitrogens is 2. The second-order valence-electron chi connectivity index (χ2n) is 4.58. The molecule has 3 rings (SSSR count). The van der Waals surface area contributed by atoms with Crippen molar-refractivity contribution in [2.45, 2.75) is 13.0 Å². The van der Waals surface area contributed by atoms with Crippen LogP contribution in [0.4, 0.5) is 0 Å². The zero-order chi connectivity index (χ0) is 13.2. The second-order valence-corrected chi connectivity index (χ2v) is 4.58. The lowest BCUT2D eigenvalue weighted by molar-refractivity contribution is 0.853. The number of aryl methyl sites for hydroxylation is 1. The van der Waals surface area contributed by atoms with E-state index in [1.807, 2.05) is 37.3 Å². The van der Waals surface area contributed by atoms with Gasteiger partial charge in [-0.3, -0.25) is 9.97 Å². The van der Waals surface area contributed by atoms with Crippen LogP contribution in [0.3, 0.4) is 0 Å². The average Bonchev–Trinajstić information content (AvgIpc) is 2.46. The van der Waals surface area contributed by atoms with Crippen molar-refractivity contribution in [1.82, 2.24) is 9.97 Å². The lowest BCUT2D eigenvalue weighted by Crippen LogP contribution is -2.14. The fourth-order valence-electron chi connectivity index (χ4n) is 2.37. The van der Waals surface area contributed by atoms with Crippen LogP contribution < -0.4 is 5.73 Å². The maximum atomic E-state index is 6.40. The molecular formula is C16H15N3. The Labute approximate surface area is 112 Å². The molecule has 1 unspecified atom stereocenters. The molecule has 3 heteroatoms. The molecule has 0 fully saturated rings. The average molecular weight is 249 g/mol. The third kappa shape index (κ3) is 2.09. The minimum atomic E-state index is -0.202. The quantitative estimate of drug-likeness (QED) is 0.759. The van der Waals surface area contributed by atoms with E-state index in [2.05, 4.69) is 22.1 Å². The number of nitrogens with zero attached hydrogens (tertiary/aromatic N) is 2. The summed E-state index contributed by atoms with van der Waals surface area (Å²) in [7, 11) is 0. The van der Waals surface area contributed by atoms with E-state index in [4.69, 9.17) is 5.73 Å². The molecule has 2 heterocycles. The number of nitrogens with two attached hydrogens (primary N) is 1. The van der Waals surface area contributed by atoms with Crippen molar-refractivity contribution < 1.29 is 0 Å². The van der Waals surface area contributed by atoms with Crippen LogP contribution in [0, 0.1) is 6.92 Å². The molecule has 3 nitrogen and oxygen atoms in total. The zero-order valence-corrected chi connectivity index (χ0v) is 10.7. The molecule has 0 bridgehead atoms. The van der Waals surface area contributed by atoms with E-state index in [-0.39, 0.29) is 6.04 Å². The molecule has 0 radical (unpaired) electrons. The van der Waals surface area contributed by atoms with Crippen LogP contribution in [0.15, 0.2) is 54.9 Å². The van der Waals surface area contributed by atoms with Crippen LogP contribution in [0.25, 0.3) is 10.9 Å². The first-order valence-corrected chi connectivity index (χ1v) is 6.28. The molecule has 3 aromatic rings. The highest BCUT2D eigenvalue weighted by Gasteiger charge is 2.14. The number of pyridine rings is 2. The monoisotopic (exact) mass is 249 g/mol. The van der Waals surface area contributed by atoms with Gasteiger partial charge in [0.15, 0.2) is 0 Å². The van der Waals surface area contributed by atoms with E-state index in [9.17, 15) is 0 Å². The molecule has 1 aromatic carbocycles. The van der Waals surface area contributed by atoms with Gasteiger partial charge in [0.25, 0.3) is 0 Å². The highest BCUT2D eigenvalue weighted by molar-refractivity contribution is 5.82. The van der Waals surface area contributed by atoms with Crippen molar-refractivity contribution in [3.8, 4) is 0 Å². The molecule has 0 amide bonds. The molecular weight excluding hydrogens is 234 g/mol. The molecule has 2 N–H and O–H groups in total. The van der Waals surface area contributed by atoms with Gasteiger partial charge in [-0.05, 0) is 30.2 Å². The number of hydrogen-bond acceptors (Lipinski definition) is 3. The smallest absolute Gasteiger partial charge is 0.0753 e. The van der Waals surface area contributed by atoms with Gasteiger partial charge < -0.3 is 5.73 Å². The van der Waals surface area contributed by atoms with Gasteiger partial charge in [-0.1, -0.05) is 30.3 Å². The Balaban J connectivity index is 2.17. The lowest BCUT2D eigenvalue weighted by Gasteiger charge is -2.16. The van der Waals surface area contributed by atoms with Crippen molar-refractivity contribution in [3.05, 3.63) is 71.7 Å². The summed E-state index contributed by atoms with van der Waals surface area (Å²) in [5.74, 6) is 0. The summed E-state index contributed by atoms with van der Waals surface area (Å²) < 4.78 is 0. The van der Waals surface area contributed by atoms with Crippen molar-refractivity contribution in [3.63, 3.8) is 0 Å². The summed E-state index contributed by atoms with van der Waals surface area (Å²) in [6, 6.07) is 13.8. The van der Waals surface area contributed by atoms with Crippen LogP contribution in [0.2, 0.25) is 0 Å². The Morgan fingerprint density at radius 3 is 2.42 bits per heavy atom. The summed E-state index contributed by atoms with van der Waals surface area (Å²) in [6.07, 6.45) is 3.58. The van der Waals surface area contributed by atoms with Gasteiger partial charge in [0.1, 0.15) is 0 Å². The van der Waals surface area contributed by atoms with Crippen LogP contribution in [-0.2, 0) is 0 Å². The number of fused-ring (bicyclic) bond motifs is 1. The predicted molar refractivity (Wildman–Crippen MR) is 76.7 cm³/mol. The van der Waals surface area contributed by atoms with Crippen molar-refractivity contribution in [2.24, 2.45) is 5.73 Å². The van der Waals surface area contributed by atoms with Gasteiger partial charge in [-0.25, -0.2) is 0 Å². The van der Waals surface area contributed by atoms with Gasteiger partial charge in [0, 0.05) is 23.5 Å². The Morgan fingerprint density at radius 1 is 0.895 bits per heavy atom. The van der Waals surface area contributed by atoms with Crippen molar-refractivity contribution in [1.29, 1.82) is 0 Å². The van der Waals surface area contributed by atoms with Gasteiger partial charge in [0.05, 0.1) is 11.6 Å². The summed E-state index contributed by atoms with van der Waals surface area (Å²) in [4.78, 5) is 8.76. The van der Waals surface area contributed by atoms with Gasteiger partial charge in [0.2, 0.25) is 0 Å². The Morgan fingerprint density at radius 2 is 1.58 bits per heavy atom. The summed E-state index contributed by atoms with van der Waals surface area (Å²) in [5.41, 5.74) is 10.4. The van der Waals surface area contributed by atoms with Gasteiger partial charge in [-0.15, -0.1) is 0 Å². The molecule has 2 aromatic heterocycles. The van der Waals surface area contributed by atoms with Crippen LogP contribution in [0.5, 0.6) is 0 Å². The molecule has 0 aliphatic rings. The molecule has 0 saturated heterocycles. The number of benzene rings is 1. The maximum Gasteiger partial charge on any atom is 0.0753 e. The first-order chi connectivity index (χ1) is 9.27. The zero-order valence-electron chi connectivity index (χ0n) is 10.7. The predicted octanol–water partition coefficient (Wildman–Crippen LogP) is 2.99. The van der Waals surface area contributed by atoms with E-state index in [1.165, 1.54) is 0 Å². The highest BCUT2D eigenvalue weighted by atomic mass is 14.7. The van der Waals surface area contributed by atoms with E-state index < -0.39 is 0 Å². The van der Waals surface area contributed by atoms with E-state index >= 15 is 0 Å². The SMILES string of the molecule is Cc1ncccc1C(N)c1cccc2cccnc12. The number of para-hydroxylation sites is 1. The number of rotatable bonds is 2. The third-order valence-electron chi connectivity index (χ3n) is 3.38. The fraction of sp³-hybridized carbons (Fsp3) is 0.125. The van der Waals surface area contributed by atoms with Crippen LogP contribution in [-0.4, -0.2) is 9.97 Å². The minimum absolute atomic E-state index is 0.202. The van der Waals surface area contributed by atoms with Crippen LogP contribution in [0.1, 0.15) is 22.9 Å². The molecule has 1 atom stereocenters. The summed E-state index contributed by atoms with van der Waals surface area (Å²) in [5, 5.41) is 1.11. The largest absolute Gasteiger partial charge is 0.320 e. The van der Waals surface area contributed by atoms with E-state index in [1.54, 1.807) is 12.4 Å². The highest BCUT2D eigenvalue weighted by Crippen LogP contribution is 2.26. The summed E-state index contributed by atoms with van der Waals surface area (Å²) in [6.45, 7) is 1.98. The maximum absolute atomic E-state index is 6.40. The molecule has 0 spiro atoms. The first kappa shape index (κ1) is 11.8. The van der Waals surface area contributed by atoms with Crippen molar-refractivity contribution >= 4 is 10.9 Å². The molecule has 0 aliphatic carbocycles. The third-order valence-corrected chi connectivity index (χ3v) is 3.38. The standard InChI is InChI=1S/C16H15N3/c1-11-13(8-4-9-18-11)15(17)14-7-2-5-12-6-3-10-19-16(12)14/h2-10,15H,17H2,1H3. The van der Waals surface area contributed by atoms with E-state index in [0.29, 0.717) is 0 Å². The summed E-state index contributed by atoms with van der Waals surface area (Å²) >= 11 is 0. The Kier molecular flexibility index (Phi) is 2.97. The normalized spacial score (nSPS) is 12.5. The fourth-order valence-corrected chi connectivity index (χ4v) is 2.37. The number of hydrogen-bond donors (Lipinski definition) is 1. The molecule has 0 aliphatic heterocycles. The topological polar surface area (TPSA) is 51.8 Å². The van der Waals surface area contributed by atoms with Crippen molar-refractivity contribution in [2.75, 3.05) is 0 Å². The first-order valence-electron chi connectivity index (χ1n) is 6.28. The molecule has 19 heavy (non-hydrogen) atoms. The Bertz CT molecular complexity index is 717. The lowest BCUT2D eigenvalue weighted by atomic mass is 9.96. The van der Waals surface area contributed by atoms with Crippen LogP contribution >= 0.6 is 0 Å². The van der Waals surface area contributed by atoms with Gasteiger partial charge >= 0.3 is 0 Å². The molecule has 94 valence electrons.